The van der Waals surface area contributed by atoms with E-state index in [0.717, 1.165) is 36.7 Å². The summed E-state index contributed by atoms with van der Waals surface area (Å²) in [5.41, 5.74) is 0.897. The summed E-state index contributed by atoms with van der Waals surface area (Å²) in [6.07, 6.45) is 8.94. The molecule has 0 spiro atoms. The summed E-state index contributed by atoms with van der Waals surface area (Å²) in [5, 5.41) is 8.61. The Hall–Kier alpha value is -0.580. The average Bonchev–Trinajstić information content (AvgIpc) is 2.70. The lowest BCUT2D eigenvalue weighted by atomic mass is 9.84. The number of rotatable bonds is 6. The molecule has 0 aliphatic heterocycles. The van der Waals surface area contributed by atoms with E-state index in [4.69, 9.17) is 16.3 Å². The fourth-order valence-electron chi connectivity index (χ4n) is 3.69. The van der Waals surface area contributed by atoms with Crippen LogP contribution in [0, 0.1) is 0 Å². The fraction of sp³-hybridized carbons (Fsp3) is 0.812. The van der Waals surface area contributed by atoms with Crippen molar-refractivity contribution in [2.24, 2.45) is 0 Å². The summed E-state index contributed by atoms with van der Waals surface area (Å²) in [6, 6.07) is 0.0884. The van der Waals surface area contributed by atoms with Crippen LogP contribution >= 0.6 is 11.6 Å². The summed E-state index contributed by atoms with van der Waals surface area (Å²) in [6.45, 7) is 5.73. The number of hydrogen-bond donors (Lipinski definition) is 1. The van der Waals surface area contributed by atoms with Crippen molar-refractivity contribution >= 4 is 11.6 Å². The van der Waals surface area contributed by atoms with Crippen molar-refractivity contribution in [3.05, 3.63) is 16.9 Å². The monoisotopic (exact) mass is 313 g/mol. The average molecular weight is 314 g/mol. The fourth-order valence-corrected chi connectivity index (χ4v) is 3.94. The normalized spacial score (nSPS) is 20.2. The molecule has 1 heterocycles. The molecule has 1 atom stereocenters. The van der Waals surface area contributed by atoms with Gasteiger partial charge in [0.25, 0.3) is 0 Å². The first-order chi connectivity index (χ1) is 10.2. The standard InChI is InChI=1S/C16H28ClN3O/c1-4-20-14(13(17)12-19-20)15(18-3)16(21-5-2)10-8-6-7-9-11-16/h12,15,18H,4-11H2,1-3H3. The Labute approximate surface area is 133 Å². The molecule has 21 heavy (non-hydrogen) atoms. The van der Waals surface area contributed by atoms with Gasteiger partial charge in [-0.1, -0.05) is 37.3 Å². The number of ether oxygens (including phenoxy) is 1. The first-order valence-electron chi connectivity index (χ1n) is 8.21. The molecular weight excluding hydrogens is 286 g/mol. The summed E-state index contributed by atoms with van der Waals surface area (Å²) in [7, 11) is 2.00. The van der Waals surface area contributed by atoms with Crippen LogP contribution in [0.25, 0.3) is 0 Å². The molecule has 1 N–H and O–H groups in total. The Morgan fingerprint density at radius 1 is 1.33 bits per heavy atom. The van der Waals surface area contributed by atoms with Gasteiger partial charge in [0.05, 0.1) is 28.6 Å². The van der Waals surface area contributed by atoms with Crippen LogP contribution in [0.4, 0.5) is 0 Å². The summed E-state index contributed by atoms with van der Waals surface area (Å²) < 4.78 is 8.31. The maximum atomic E-state index is 6.44. The van der Waals surface area contributed by atoms with Crippen LogP contribution in [0.5, 0.6) is 0 Å². The van der Waals surface area contributed by atoms with Gasteiger partial charge in [-0.15, -0.1) is 0 Å². The molecule has 1 aromatic heterocycles. The molecule has 120 valence electrons. The Bertz CT molecular complexity index is 439. The van der Waals surface area contributed by atoms with Crippen molar-refractivity contribution in [2.45, 2.75) is 70.6 Å². The van der Waals surface area contributed by atoms with Gasteiger partial charge in [0.15, 0.2) is 0 Å². The number of aryl methyl sites for hydroxylation is 1. The van der Waals surface area contributed by atoms with Crippen molar-refractivity contribution in [1.29, 1.82) is 0 Å². The topological polar surface area (TPSA) is 39.1 Å². The quantitative estimate of drug-likeness (QED) is 0.808. The molecule has 0 aromatic carbocycles. The predicted molar refractivity (Wildman–Crippen MR) is 86.8 cm³/mol. The summed E-state index contributed by atoms with van der Waals surface area (Å²) in [4.78, 5) is 0. The van der Waals surface area contributed by atoms with Crippen molar-refractivity contribution in [3.8, 4) is 0 Å². The van der Waals surface area contributed by atoms with Gasteiger partial charge >= 0.3 is 0 Å². The zero-order chi connectivity index (χ0) is 15.3. The molecule has 1 fully saturated rings. The van der Waals surface area contributed by atoms with Crippen molar-refractivity contribution in [3.63, 3.8) is 0 Å². The van der Waals surface area contributed by atoms with Gasteiger partial charge in [-0.3, -0.25) is 4.68 Å². The first kappa shape index (κ1) is 16.8. The molecular formula is C16H28ClN3O. The van der Waals surface area contributed by atoms with E-state index in [1.54, 1.807) is 6.20 Å². The maximum Gasteiger partial charge on any atom is 0.0891 e. The van der Waals surface area contributed by atoms with E-state index in [9.17, 15) is 0 Å². The molecule has 0 bridgehead atoms. The zero-order valence-electron chi connectivity index (χ0n) is 13.5. The number of halogens is 1. The highest BCUT2D eigenvalue weighted by Crippen LogP contribution is 2.42. The number of likely N-dealkylation sites (N-methyl/N-ethyl adjacent to an activating group) is 1. The van der Waals surface area contributed by atoms with Gasteiger partial charge in [0.2, 0.25) is 0 Å². The van der Waals surface area contributed by atoms with E-state index in [0.29, 0.717) is 0 Å². The minimum atomic E-state index is -0.170. The number of aromatic nitrogens is 2. The first-order valence-corrected chi connectivity index (χ1v) is 8.58. The highest BCUT2D eigenvalue weighted by Gasteiger charge is 2.42. The molecule has 0 amide bonds. The summed E-state index contributed by atoms with van der Waals surface area (Å²) in [5.74, 6) is 0. The molecule has 4 nitrogen and oxygen atoms in total. The SMILES string of the molecule is CCOC1(C(NC)c2c(Cl)cnn2CC)CCCCCC1. The molecule has 1 saturated carbocycles. The van der Waals surface area contributed by atoms with Crippen LogP contribution < -0.4 is 5.32 Å². The Balaban J connectivity index is 2.41. The lowest BCUT2D eigenvalue weighted by molar-refractivity contribution is -0.0783. The van der Waals surface area contributed by atoms with E-state index >= 15 is 0 Å². The Morgan fingerprint density at radius 3 is 2.52 bits per heavy atom. The van der Waals surface area contributed by atoms with Gasteiger partial charge in [0.1, 0.15) is 0 Å². The van der Waals surface area contributed by atoms with Crippen LogP contribution in [0.15, 0.2) is 6.20 Å². The molecule has 5 heteroatoms. The number of hydrogen-bond acceptors (Lipinski definition) is 3. The number of nitrogens with zero attached hydrogens (tertiary/aromatic N) is 2. The maximum absolute atomic E-state index is 6.44. The van der Waals surface area contributed by atoms with Gasteiger partial charge in [-0.25, -0.2) is 0 Å². The van der Waals surface area contributed by atoms with Gasteiger partial charge in [0, 0.05) is 13.2 Å². The van der Waals surface area contributed by atoms with Crippen LogP contribution in [0.3, 0.4) is 0 Å². The number of nitrogens with one attached hydrogen (secondary N) is 1. The van der Waals surface area contributed by atoms with Gasteiger partial charge in [-0.2, -0.15) is 5.10 Å². The third kappa shape index (κ3) is 3.43. The largest absolute Gasteiger partial charge is 0.373 e. The van der Waals surface area contributed by atoms with E-state index < -0.39 is 0 Å². The molecule has 0 saturated heterocycles. The molecule has 1 aliphatic carbocycles. The minimum absolute atomic E-state index is 0.0884. The highest BCUT2D eigenvalue weighted by atomic mass is 35.5. The molecule has 2 rings (SSSR count). The minimum Gasteiger partial charge on any atom is -0.373 e. The van der Waals surface area contributed by atoms with Crippen molar-refractivity contribution < 1.29 is 4.74 Å². The van der Waals surface area contributed by atoms with Crippen molar-refractivity contribution in [2.75, 3.05) is 13.7 Å². The van der Waals surface area contributed by atoms with Gasteiger partial charge in [-0.05, 0) is 33.7 Å². The van der Waals surface area contributed by atoms with E-state index in [2.05, 4.69) is 24.3 Å². The van der Waals surface area contributed by atoms with E-state index in [1.807, 2.05) is 11.7 Å². The Morgan fingerprint density at radius 2 is 2.00 bits per heavy atom. The second-order valence-electron chi connectivity index (χ2n) is 5.83. The second kappa shape index (κ2) is 7.61. The smallest absolute Gasteiger partial charge is 0.0891 e. The molecule has 0 radical (unpaired) electrons. The van der Waals surface area contributed by atoms with Crippen LogP contribution in [-0.4, -0.2) is 29.0 Å². The van der Waals surface area contributed by atoms with Crippen molar-refractivity contribution in [1.82, 2.24) is 15.1 Å². The molecule has 1 aliphatic rings. The Kier molecular flexibility index (Phi) is 6.08. The van der Waals surface area contributed by atoms with Crippen LogP contribution in [0.2, 0.25) is 5.02 Å². The zero-order valence-corrected chi connectivity index (χ0v) is 14.2. The lowest BCUT2D eigenvalue weighted by Crippen LogP contribution is -2.46. The second-order valence-corrected chi connectivity index (χ2v) is 6.23. The third-order valence-corrected chi connectivity index (χ3v) is 4.89. The van der Waals surface area contributed by atoms with Crippen LogP contribution in [-0.2, 0) is 11.3 Å². The van der Waals surface area contributed by atoms with Gasteiger partial charge < -0.3 is 10.1 Å². The van der Waals surface area contributed by atoms with Crippen LogP contribution in [0.1, 0.15) is 64.1 Å². The summed E-state index contributed by atoms with van der Waals surface area (Å²) >= 11 is 6.44. The molecule has 1 unspecified atom stereocenters. The highest BCUT2D eigenvalue weighted by molar-refractivity contribution is 6.31. The molecule has 1 aromatic rings. The lowest BCUT2D eigenvalue weighted by Gasteiger charge is -2.40. The predicted octanol–water partition coefficient (Wildman–Crippen LogP) is 3.95. The van der Waals surface area contributed by atoms with E-state index in [1.165, 1.54) is 25.7 Å². The third-order valence-electron chi connectivity index (χ3n) is 4.60. The van der Waals surface area contributed by atoms with E-state index in [-0.39, 0.29) is 11.6 Å².